The maximum Gasteiger partial charge on any atom is 0.253 e. The third kappa shape index (κ3) is 3.14. The zero-order chi connectivity index (χ0) is 15.7. The quantitative estimate of drug-likeness (QED) is 0.909. The lowest BCUT2D eigenvalue weighted by atomic mass is 9.97. The van der Waals surface area contributed by atoms with Crippen LogP contribution in [0.25, 0.3) is 0 Å². The van der Waals surface area contributed by atoms with E-state index in [0.29, 0.717) is 11.6 Å². The van der Waals surface area contributed by atoms with Crippen molar-refractivity contribution in [1.82, 2.24) is 10.2 Å². The molecule has 3 rings (SSSR count). The van der Waals surface area contributed by atoms with Gasteiger partial charge < -0.3 is 10.2 Å². The van der Waals surface area contributed by atoms with Crippen molar-refractivity contribution in [2.45, 2.75) is 44.6 Å². The number of hydrogen-bond donors (Lipinski definition) is 1. The van der Waals surface area contributed by atoms with Crippen LogP contribution in [0, 0.1) is 6.92 Å². The molecule has 1 aromatic rings. The van der Waals surface area contributed by atoms with Crippen LogP contribution in [0.2, 0.25) is 0 Å². The molecular formula is C17H22F2N2O. The van der Waals surface area contributed by atoms with Gasteiger partial charge in [0.25, 0.3) is 11.8 Å². The number of piperidine rings is 1. The molecule has 0 radical (unpaired) electrons. The molecule has 1 N–H and O–H groups in total. The molecule has 2 aliphatic heterocycles. The number of hydrogen-bond acceptors (Lipinski definition) is 2. The second-order valence-corrected chi connectivity index (χ2v) is 6.37. The van der Waals surface area contributed by atoms with E-state index in [2.05, 4.69) is 5.32 Å². The van der Waals surface area contributed by atoms with Crippen LogP contribution < -0.4 is 5.32 Å². The number of nitrogens with one attached hydrogen (secondary N) is 1. The van der Waals surface area contributed by atoms with E-state index < -0.39 is 5.92 Å². The first-order valence-electron chi connectivity index (χ1n) is 7.97. The van der Waals surface area contributed by atoms with Crippen LogP contribution in [0.3, 0.4) is 0 Å². The maximum absolute atomic E-state index is 13.2. The Kier molecular flexibility index (Phi) is 4.17. The standard InChI is InChI=1S/C17H22F2N2O/c1-12-11-13(4-5-14(12)15-3-2-8-20-15)16(22)21-9-6-17(18,19)7-10-21/h4-5,11,15,20H,2-3,6-10H2,1H3. The van der Waals surface area contributed by atoms with Gasteiger partial charge in [-0.3, -0.25) is 4.79 Å². The minimum absolute atomic E-state index is 0.135. The van der Waals surface area contributed by atoms with Gasteiger partial charge in [0.1, 0.15) is 0 Å². The molecule has 120 valence electrons. The number of likely N-dealkylation sites (tertiary alicyclic amines) is 1. The Bertz CT molecular complexity index is 558. The highest BCUT2D eigenvalue weighted by Gasteiger charge is 2.35. The summed E-state index contributed by atoms with van der Waals surface area (Å²) < 4.78 is 26.4. The van der Waals surface area contributed by atoms with Crippen molar-refractivity contribution in [2.75, 3.05) is 19.6 Å². The number of rotatable bonds is 2. The minimum Gasteiger partial charge on any atom is -0.338 e. The lowest BCUT2D eigenvalue weighted by molar-refractivity contribution is -0.0494. The zero-order valence-electron chi connectivity index (χ0n) is 12.9. The van der Waals surface area contributed by atoms with E-state index >= 15 is 0 Å². The first-order chi connectivity index (χ1) is 10.5. The SMILES string of the molecule is Cc1cc(C(=O)N2CCC(F)(F)CC2)ccc1C1CCCN1. The molecular weight excluding hydrogens is 286 g/mol. The van der Waals surface area contributed by atoms with E-state index in [-0.39, 0.29) is 31.8 Å². The van der Waals surface area contributed by atoms with Gasteiger partial charge >= 0.3 is 0 Å². The summed E-state index contributed by atoms with van der Waals surface area (Å²) in [5.74, 6) is -2.76. The Morgan fingerprint density at radius 1 is 1.32 bits per heavy atom. The Morgan fingerprint density at radius 2 is 2.05 bits per heavy atom. The average Bonchev–Trinajstić information content (AvgIpc) is 3.00. The summed E-state index contributed by atoms with van der Waals surface area (Å²) in [6, 6.07) is 6.10. The largest absolute Gasteiger partial charge is 0.338 e. The number of halogens is 2. The summed E-state index contributed by atoms with van der Waals surface area (Å²) in [6.07, 6.45) is 1.83. The van der Waals surface area contributed by atoms with Gasteiger partial charge in [0, 0.05) is 37.5 Å². The molecule has 0 saturated carbocycles. The van der Waals surface area contributed by atoms with Crippen molar-refractivity contribution in [3.63, 3.8) is 0 Å². The first-order valence-corrected chi connectivity index (χ1v) is 7.97. The van der Waals surface area contributed by atoms with E-state index in [1.165, 1.54) is 12.0 Å². The fraction of sp³-hybridized carbons (Fsp3) is 0.588. The third-order valence-electron chi connectivity index (χ3n) is 4.73. The van der Waals surface area contributed by atoms with E-state index in [0.717, 1.165) is 18.5 Å². The van der Waals surface area contributed by atoms with Gasteiger partial charge in [-0.25, -0.2) is 8.78 Å². The first kappa shape index (κ1) is 15.4. The van der Waals surface area contributed by atoms with Gasteiger partial charge in [-0.1, -0.05) is 6.07 Å². The minimum atomic E-state index is -2.62. The molecule has 5 heteroatoms. The molecule has 2 aliphatic rings. The monoisotopic (exact) mass is 308 g/mol. The van der Waals surface area contributed by atoms with Crippen molar-refractivity contribution in [3.05, 3.63) is 34.9 Å². The third-order valence-corrected chi connectivity index (χ3v) is 4.73. The van der Waals surface area contributed by atoms with Crippen LogP contribution in [0.4, 0.5) is 8.78 Å². The number of alkyl halides is 2. The van der Waals surface area contributed by atoms with Gasteiger partial charge in [-0.2, -0.15) is 0 Å². The predicted octanol–water partition coefficient (Wildman–Crippen LogP) is 3.29. The zero-order valence-corrected chi connectivity index (χ0v) is 12.9. The number of carbonyl (C=O) groups is 1. The van der Waals surface area contributed by atoms with Gasteiger partial charge in [0.2, 0.25) is 0 Å². The summed E-state index contributed by atoms with van der Waals surface area (Å²) in [5, 5.41) is 3.46. The summed E-state index contributed by atoms with van der Waals surface area (Å²) in [4.78, 5) is 14.0. The van der Waals surface area contributed by atoms with Gasteiger partial charge in [-0.05, 0) is 49.6 Å². The lowest BCUT2D eigenvalue weighted by Gasteiger charge is -2.32. The van der Waals surface area contributed by atoms with Gasteiger partial charge in [0.05, 0.1) is 0 Å². The summed E-state index contributed by atoms with van der Waals surface area (Å²) in [5.41, 5.74) is 2.93. The molecule has 2 heterocycles. The number of carbonyl (C=O) groups excluding carboxylic acids is 1. The topological polar surface area (TPSA) is 32.3 Å². The molecule has 0 bridgehead atoms. The van der Waals surface area contributed by atoms with E-state index in [9.17, 15) is 13.6 Å². The van der Waals surface area contributed by atoms with E-state index in [1.54, 1.807) is 4.90 Å². The molecule has 1 unspecified atom stereocenters. The average molecular weight is 308 g/mol. The normalized spacial score (nSPS) is 24.5. The molecule has 3 nitrogen and oxygen atoms in total. The summed E-state index contributed by atoms with van der Waals surface area (Å²) >= 11 is 0. The second kappa shape index (κ2) is 5.95. The van der Waals surface area contributed by atoms with Crippen molar-refractivity contribution < 1.29 is 13.6 Å². The van der Waals surface area contributed by atoms with Gasteiger partial charge in [0.15, 0.2) is 0 Å². The summed E-state index contributed by atoms with van der Waals surface area (Å²) in [6.45, 7) is 3.32. The Hall–Kier alpha value is -1.49. The molecule has 22 heavy (non-hydrogen) atoms. The lowest BCUT2D eigenvalue weighted by Crippen LogP contribution is -2.42. The van der Waals surface area contributed by atoms with Crippen LogP contribution in [-0.4, -0.2) is 36.4 Å². The fourth-order valence-electron chi connectivity index (χ4n) is 3.37. The molecule has 1 atom stereocenters. The van der Waals surface area contributed by atoms with Crippen molar-refractivity contribution in [1.29, 1.82) is 0 Å². The van der Waals surface area contributed by atoms with E-state index in [1.807, 2.05) is 25.1 Å². The highest BCUT2D eigenvalue weighted by atomic mass is 19.3. The molecule has 2 saturated heterocycles. The fourth-order valence-corrected chi connectivity index (χ4v) is 3.37. The van der Waals surface area contributed by atoms with E-state index in [4.69, 9.17) is 0 Å². The van der Waals surface area contributed by atoms with Crippen molar-refractivity contribution in [3.8, 4) is 0 Å². The van der Waals surface area contributed by atoms with Crippen LogP contribution in [0.5, 0.6) is 0 Å². The van der Waals surface area contributed by atoms with Crippen LogP contribution in [-0.2, 0) is 0 Å². The Balaban J connectivity index is 1.72. The van der Waals surface area contributed by atoms with Crippen molar-refractivity contribution in [2.24, 2.45) is 0 Å². The Labute approximate surface area is 129 Å². The smallest absolute Gasteiger partial charge is 0.253 e. The highest BCUT2D eigenvalue weighted by Crippen LogP contribution is 2.30. The van der Waals surface area contributed by atoms with Crippen LogP contribution in [0.1, 0.15) is 53.2 Å². The Morgan fingerprint density at radius 3 is 2.64 bits per heavy atom. The number of amides is 1. The number of benzene rings is 1. The predicted molar refractivity (Wildman–Crippen MR) is 81.2 cm³/mol. The molecule has 1 aromatic carbocycles. The number of aryl methyl sites for hydroxylation is 1. The van der Waals surface area contributed by atoms with Crippen LogP contribution in [0.15, 0.2) is 18.2 Å². The maximum atomic E-state index is 13.2. The van der Waals surface area contributed by atoms with Gasteiger partial charge in [-0.15, -0.1) is 0 Å². The molecule has 2 fully saturated rings. The molecule has 0 aliphatic carbocycles. The molecule has 1 amide bonds. The molecule has 0 spiro atoms. The van der Waals surface area contributed by atoms with Crippen LogP contribution >= 0.6 is 0 Å². The second-order valence-electron chi connectivity index (χ2n) is 6.37. The summed E-state index contributed by atoms with van der Waals surface area (Å²) in [7, 11) is 0. The van der Waals surface area contributed by atoms with Crippen molar-refractivity contribution >= 4 is 5.91 Å². The number of nitrogens with zero attached hydrogens (tertiary/aromatic N) is 1. The molecule has 0 aromatic heterocycles. The highest BCUT2D eigenvalue weighted by molar-refractivity contribution is 5.94.